The molecule has 0 aliphatic heterocycles. The van der Waals surface area contributed by atoms with Gasteiger partial charge in [0.1, 0.15) is 0 Å². The smallest absolute Gasteiger partial charge is 0.331 e. The number of fused-ring (bicyclic) bond motifs is 2. The van der Waals surface area contributed by atoms with Crippen LogP contribution in [0.25, 0.3) is 16.8 Å². The molecule has 2 aromatic rings. The van der Waals surface area contributed by atoms with Crippen LogP contribution in [-0.2, 0) is 11.2 Å². The summed E-state index contributed by atoms with van der Waals surface area (Å²) in [4.78, 5) is 14.9. The van der Waals surface area contributed by atoms with Gasteiger partial charge in [-0.15, -0.1) is 0 Å². The van der Waals surface area contributed by atoms with Crippen molar-refractivity contribution in [3.05, 3.63) is 47.3 Å². The van der Waals surface area contributed by atoms with Crippen molar-refractivity contribution >= 4 is 22.8 Å². The van der Waals surface area contributed by atoms with Crippen LogP contribution in [0.2, 0.25) is 0 Å². The summed E-state index contributed by atoms with van der Waals surface area (Å²) < 4.78 is 0. The first-order valence-electron chi connectivity index (χ1n) is 5.04. The van der Waals surface area contributed by atoms with Crippen molar-refractivity contribution in [2.45, 2.75) is 6.42 Å². The van der Waals surface area contributed by atoms with Crippen molar-refractivity contribution in [3.63, 3.8) is 0 Å². The Morgan fingerprint density at radius 3 is 3.00 bits per heavy atom. The van der Waals surface area contributed by atoms with Crippen LogP contribution in [0.1, 0.15) is 11.1 Å². The number of hydrogen-bond acceptors (Lipinski definition) is 2. The molecule has 1 heterocycles. The molecule has 3 nitrogen and oxygen atoms in total. The molecule has 0 radical (unpaired) electrons. The van der Waals surface area contributed by atoms with Crippen LogP contribution in [0, 0.1) is 0 Å². The summed E-state index contributed by atoms with van der Waals surface area (Å²) in [7, 11) is 0. The van der Waals surface area contributed by atoms with Crippen molar-refractivity contribution in [3.8, 4) is 0 Å². The molecule has 1 aliphatic carbocycles. The number of carbonyl (C=O) groups is 1. The molecule has 16 heavy (non-hydrogen) atoms. The number of rotatable bonds is 1. The number of carboxylic acids is 1. The van der Waals surface area contributed by atoms with Gasteiger partial charge in [-0.3, -0.25) is 4.98 Å². The molecule has 1 aromatic heterocycles. The molecule has 0 saturated heterocycles. The van der Waals surface area contributed by atoms with E-state index in [0.717, 1.165) is 21.9 Å². The molecule has 0 spiro atoms. The average molecular weight is 211 g/mol. The number of aliphatic carboxylic acids is 1. The summed E-state index contributed by atoms with van der Waals surface area (Å²) in [5.41, 5.74) is 2.53. The zero-order valence-electron chi connectivity index (χ0n) is 8.47. The van der Waals surface area contributed by atoms with Crippen LogP contribution in [0.5, 0.6) is 0 Å². The Kier molecular flexibility index (Phi) is 1.80. The lowest BCUT2D eigenvalue weighted by molar-refractivity contribution is -0.132. The third kappa shape index (κ3) is 1.29. The Balaban J connectivity index is 2.19. The zero-order chi connectivity index (χ0) is 11.1. The fourth-order valence-electron chi connectivity index (χ4n) is 2.07. The lowest BCUT2D eigenvalue weighted by atomic mass is 10.0. The maximum atomic E-state index is 10.9. The fourth-order valence-corrected chi connectivity index (χ4v) is 2.07. The Morgan fingerprint density at radius 1 is 1.31 bits per heavy atom. The summed E-state index contributed by atoms with van der Waals surface area (Å²) in [5.74, 6) is -0.835. The molecule has 0 amide bonds. The van der Waals surface area contributed by atoms with Crippen LogP contribution in [-0.4, -0.2) is 16.1 Å². The highest BCUT2D eigenvalue weighted by molar-refractivity contribution is 5.97. The van der Waals surface area contributed by atoms with E-state index in [4.69, 9.17) is 5.11 Å². The molecular formula is C13H9NO2. The van der Waals surface area contributed by atoms with E-state index in [9.17, 15) is 4.79 Å². The lowest BCUT2D eigenvalue weighted by Gasteiger charge is -2.01. The Labute approximate surface area is 92.1 Å². The molecule has 3 heteroatoms. The van der Waals surface area contributed by atoms with E-state index in [0.29, 0.717) is 12.0 Å². The minimum Gasteiger partial charge on any atom is -0.478 e. The first kappa shape index (κ1) is 9.09. The van der Waals surface area contributed by atoms with Gasteiger partial charge in [-0.1, -0.05) is 6.07 Å². The molecule has 1 N–H and O–H groups in total. The molecule has 0 fully saturated rings. The highest BCUT2D eigenvalue weighted by Gasteiger charge is 2.18. The van der Waals surface area contributed by atoms with Gasteiger partial charge < -0.3 is 5.11 Å². The van der Waals surface area contributed by atoms with E-state index >= 15 is 0 Å². The standard InChI is InChI=1S/C13H9NO2/c15-13(16)11-4-9-3-8-1-2-14-7-12(8)6-10(9)5-11/h1-3,5-7H,4H2,(H,15,16). The third-order valence-electron chi connectivity index (χ3n) is 2.88. The van der Waals surface area contributed by atoms with Crippen molar-refractivity contribution in [1.82, 2.24) is 4.98 Å². The molecule has 1 aliphatic rings. The summed E-state index contributed by atoms with van der Waals surface area (Å²) in [6.07, 6.45) is 5.80. The maximum absolute atomic E-state index is 10.9. The Morgan fingerprint density at radius 2 is 2.19 bits per heavy atom. The molecule has 0 bridgehead atoms. The normalized spacial score (nSPS) is 13.6. The van der Waals surface area contributed by atoms with Crippen molar-refractivity contribution in [2.75, 3.05) is 0 Å². The van der Waals surface area contributed by atoms with Crippen molar-refractivity contribution in [2.24, 2.45) is 0 Å². The zero-order valence-corrected chi connectivity index (χ0v) is 8.47. The molecule has 0 atom stereocenters. The molecule has 3 rings (SSSR count). The molecule has 0 saturated carbocycles. The molecule has 0 unspecified atom stereocenters. The minimum atomic E-state index is -0.835. The Hall–Kier alpha value is -2.16. The first-order valence-corrected chi connectivity index (χ1v) is 5.04. The number of carboxylic acid groups (broad SMARTS) is 1. The summed E-state index contributed by atoms with van der Waals surface area (Å²) in [6.45, 7) is 0. The number of aromatic nitrogens is 1. The highest BCUT2D eigenvalue weighted by atomic mass is 16.4. The molecule has 1 aromatic carbocycles. The lowest BCUT2D eigenvalue weighted by Crippen LogP contribution is -1.99. The predicted octanol–water partition coefficient (Wildman–Crippen LogP) is 2.26. The van der Waals surface area contributed by atoms with Gasteiger partial charge in [-0.25, -0.2) is 4.79 Å². The van der Waals surface area contributed by atoms with Crippen molar-refractivity contribution < 1.29 is 9.90 Å². The number of pyridine rings is 1. The molecular weight excluding hydrogens is 202 g/mol. The van der Waals surface area contributed by atoms with Crippen molar-refractivity contribution in [1.29, 1.82) is 0 Å². The first-order chi connectivity index (χ1) is 7.74. The largest absolute Gasteiger partial charge is 0.478 e. The number of hydrogen-bond donors (Lipinski definition) is 1. The fraction of sp³-hybridized carbons (Fsp3) is 0.0769. The van der Waals surface area contributed by atoms with E-state index in [1.54, 1.807) is 18.5 Å². The summed E-state index contributed by atoms with van der Waals surface area (Å²) in [6, 6.07) is 5.97. The van der Waals surface area contributed by atoms with Gasteiger partial charge >= 0.3 is 5.97 Å². The summed E-state index contributed by atoms with van der Waals surface area (Å²) in [5, 5.41) is 11.1. The van der Waals surface area contributed by atoms with Crippen LogP contribution in [0.15, 0.2) is 36.2 Å². The second kappa shape index (κ2) is 3.17. The average Bonchev–Trinajstić information content (AvgIpc) is 2.68. The highest BCUT2D eigenvalue weighted by Crippen LogP contribution is 2.29. The Bertz CT molecular complexity index is 629. The number of benzene rings is 1. The number of nitrogens with zero attached hydrogens (tertiary/aromatic N) is 1. The third-order valence-corrected chi connectivity index (χ3v) is 2.88. The van der Waals surface area contributed by atoms with Crippen LogP contribution >= 0.6 is 0 Å². The van der Waals surface area contributed by atoms with Gasteiger partial charge in [-0.2, -0.15) is 0 Å². The van der Waals surface area contributed by atoms with E-state index < -0.39 is 5.97 Å². The van der Waals surface area contributed by atoms with Gasteiger partial charge in [0, 0.05) is 29.8 Å². The second-order valence-corrected chi connectivity index (χ2v) is 3.93. The van der Waals surface area contributed by atoms with Crippen LogP contribution in [0.4, 0.5) is 0 Å². The monoisotopic (exact) mass is 211 g/mol. The minimum absolute atomic E-state index is 0.457. The van der Waals surface area contributed by atoms with Crippen LogP contribution < -0.4 is 0 Å². The van der Waals surface area contributed by atoms with Gasteiger partial charge in [0.2, 0.25) is 0 Å². The molecule has 78 valence electrons. The quantitative estimate of drug-likeness (QED) is 0.787. The topological polar surface area (TPSA) is 50.2 Å². The van der Waals surface area contributed by atoms with E-state index in [1.165, 1.54) is 0 Å². The summed E-state index contributed by atoms with van der Waals surface area (Å²) >= 11 is 0. The van der Waals surface area contributed by atoms with Gasteiger partial charge in [-0.05, 0) is 34.7 Å². The van der Waals surface area contributed by atoms with E-state index in [2.05, 4.69) is 4.98 Å². The van der Waals surface area contributed by atoms with E-state index in [1.807, 2.05) is 18.2 Å². The predicted molar refractivity (Wildman–Crippen MR) is 61.1 cm³/mol. The van der Waals surface area contributed by atoms with Gasteiger partial charge in [0.15, 0.2) is 0 Å². The van der Waals surface area contributed by atoms with Gasteiger partial charge in [0.05, 0.1) is 0 Å². The SMILES string of the molecule is O=C(O)C1=Cc2cc3cnccc3cc2C1. The second-order valence-electron chi connectivity index (χ2n) is 3.93. The maximum Gasteiger partial charge on any atom is 0.331 e. The van der Waals surface area contributed by atoms with Gasteiger partial charge in [0.25, 0.3) is 0 Å². The van der Waals surface area contributed by atoms with E-state index in [-0.39, 0.29) is 0 Å². The van der Waals surface area contributed by atoms with Crippen LogP contribution in [0.3, 0.4) is 0 Å².